The molecular weight excluding hydrogens is 251 g/mol. The van der Waals surface area contributed by atoms with Crippen molar-refractivity contribution in [1.29, 1.82) is 0 Å². The molecule has 0 aliphatic rings. The first kappa shape index (κ1) is 11.2. The van der Waals surface area contributed by atoms with E-state index >= 15 is 0 Å². The lowest BCUT2D eigenvalue weighted by Crippen LogP contribution is -2.29. The van der Waals surface area contributed by atoms with Crippen LogP contribution < -0.4 is 0 Å². The summed E-state index contributed by atoms with van der Waals surface area (Å²) in [6.07, 6.45) is 0. The van der Waals surface area contributed by atoms with Crippen molar-refractivity contribution in [3.05, 3.63) is 34.1 Å². The summed E-state index contributed by atoms with van der Waals surface area (Å²) in [5, 5.41) is 8.93. The fourth-order valence-electron chi connectivity index (χ4n) is 1.10. The molecule has 0 unspecified atom stereocenters. The molecule has 1 aromatic carbocycles. The second-order valence-electron chi connectivity index (χ2n) is 3.53. The van der Waals surface area contributed by atoms with Crippen LogP contribution in [0.4, 0.5) is 4.39 Å². The van der Waals surface area contributed by atoms with Gasteiger partial charge in [0.2, 0.25) is 0 Å². The molecule has 0 amide bonds. The highest BCUT2D eigenvalue weighted by Gasteiger charge is 2.32. The number of halogens is 2. The van der Waals surface area contributed by atoms with Gasteiger partial charge in [0, 0.05) is 5.56 Å². The SMILES string of the molecule is CC(C)(C(=O)O)c1cccc(Br)c1F. The molecule has 0 saturated carbocycles. The number of hydrogen-bond acceptors (Lipinski definition) is 1. The van der Waals surface area contributed by atoms with Gasteiger partial charge in [0.15, 0.2) is 0 Å². The van der Waals surface area contributed by atoms with Crippen LogP contribution >= 0.6 is 15.9 Å². The van der Waals surface area contributed by atoms with Crippen molar-refractivity contribution in [2.75, 3.05) is 0 Å². The minimum Gasteiger partial charge on any atom is -0.481 e. The van der Waals surface area contributed by atoms with Gasteiger partial charge < -0.3 is 5.11 Å². The van der Waals surface area contributed by atoms with Crippen molar-refractivity contribution < 1.29 is 14.3 Å². The van der Waals surface area contributed by atoms with Crippen LogP contribution in [0.5, 0.6) is 0 Å². The van der Waals surface area contributed by atoms with Gasteiger partial charge >= 0.3 is 5.97 Å². The molecule has 76 valence electrons. The zero-order chi connectivity index (χ0) is 10.9. The number of carbonyl (C=O) groups is 1. The highest BCUT2D eigenvalue weighted by molar-refractivity contribution is 9.10. The summed E-state index contributed by atoms with van der Waals surface area (Å²) in [7, 11) is 0. The Labute approximate surface area is 89.9 Å². The number of carboxylic acid groups (broad SMARTS) is 1. The standard InChI is InChI=1S/C10H10BrFO2/c1-10(2,9(13)14)6-4-3-5-7(11)8(6)12/h3-5H,1-2H3,(H,13,14). The van der Waals surface area contributed by atoms with Gasteiger partial charge in [-0.3, -0.25) is 4.79 Å². The predicted molar refractivity (Wildman–Crippen MR) is 54.8 cm³/mol. The summed E-state index contributed by atoms with van der Waals surface area (Å²) in [6.45, 7) is 2.94. The highest BCUT2D eigenvalue weighted by Crippen LogP contribution is 2.29. The van der Waals surface area contributed by atoms with Gasteiger partial charge in [-0.25, -0.2) is 4.39 Å². The molecule has 0 atom stereocenters. The predicted octanol–water partition coefficient (Wildman–Crippen LogP) is 2.95. The third kappa shape index (κ3) is 1.80. The topological polar surface area (TPSA) is 37.3 Å². The second kappa shape index (κ2) is 3.69. The molecule has 4 heteroatoms. The smallest absolute Gasteiger partial charge is 0.313 e. The van der Waals surface area contributed by atoms with E-state index in [-0.39, 0.29) is 10.0 Å². The van der Waals surface area contributed by atoms with Crippen molar-refractivity contribution in [1.82, 2.24) is 0 Å². The van der Waals surface area contributed by atoms with E-state index in [1.54, 1.807) is 6.07 Å². The number of rotatable bonds is 2. The molecule has 1 aromatic rings. The molecule has 0 saturated heterocycles. The van der Waals surface area contributed by atoms with Crippen LogP contribution in [0.2, 0.25) is 0 Å². The Hall–Kier alpha value is -0.900. The van der Waals surface area contributed by atoms with E-state index in [4.69, 9.17) is 5.11 Å². The van der Waals surface area contributed by atoms with Crippen LogP contribution in [-0.2, 0) is 10.2 Å². The summed E-state index contributed by atoms with van der Waals surface area (Å²) < 4.78 is 13.8. The Morgan fingerprint density at radius 3 is 2.57 bits per heavy atom. The first-order valence-electron chi connectivity index (χ1n) is 4.05. The minimum absolute atomic E-state index is 0.180. The lowest BCUT2D eigenvalue weighted by molar-refractivity contribution is -0.142. The molecule has 0 bridgehead atoms. The minimum atomic E-state index is -1.21. The van der Waals surface area contributed by atoms with E-state index < -0.39 is 17.2 Å². The van der Waals surface area contributed by atoms with Crippen molar-refractivity contribution in [2.45, 2.75) is 19.3 Å². The molecule has 0 spiro atoms. The maximum Gasteiger partial charge on any atom is 0.313 e. The van der Waals surface area contributed by atoms with Crippen LogP contribution in [0, 0.1) is 5.82 Å². The molecule has 14 heavy (non-hydrogen) atoms. The quantitative estimate of drug-likeness (QED) is 0.888. The van der Waals surface area contributed by atoms with E-state index in [9.17, 15) is 9.18 Å². The first-order valence-corrected chi connectivity index (χ1v) is 4.84. The summed E-state index contributed by atoms with van der Waals surface area (Å²) in [5.41, 5.74) is -1.03. The molecule has 0 heterocycles. The Bertz CT molecular complexity index is 374. The number of aliphatic carboxylic acids is 1. The van der Waals surface area contributed by atoms with E-state index in [1.807, 2.05) is 0 Å². The van der Waals surface area contributed by atoms with E-state index in [0.717, 1.165) is 0 Å². The maximum atomic E-state index is 13.5. The van der Waals surface area contributed by atoms with Crippen LogP contribution in [0.1, 0.15) is 19.4 Å². The van der Waals surface area contributed by atoms with Crippen molar-refractivity contribution in [2.24, 2.45) is 0 Å². The van der Waals surface area contributed by atoms with Gasteiger partial charge in [-0.1, -0.05) is 12.1 Å². The van der Waals surface area contributed by atoms with Crippen LogP contribution in [0.3, 0.4) is 0 Å². The summed E-state index contributed by atoms with van der Waals surface area (Å²) >= 11 is 3.02. The largest absolute Gasteiger partial charge is 0.481 e. The molecule has 1 rings (SSSR count). The Kier molecular flexibility index (Phi) is 2.95. The van der Waals surface area contributed by atoms with Gasteiger partial charge in [0.25, 0.3) is 0 Å². The monoisotopic (exact) mass is 260 g/mol. The third-order valence-corrected chi connectivity index (χ3v) is 2.77. The molecule has 0 aliphatic carbocycles. The average Bonchev–Trinajstić information content (AvgIpc) is 2.09. The van der Waals surface area contributed by atoms with Gasteiger partial charge in [-0.05, 0) is 35.8 Å². The summed E-state index contributed by atoms with van der Waals surface area (Å²) in [4.78, 5) is 10.9. The van der Waals surface area contributed by atoms with Crippen molar-refractivity contribution in [3.63, 3.8) is 0 Å². The van der Waals surface area contributed by atoms with Crippen LogP contribution in [-0.4, -0.2) is 11.1 Å². The molecule has 0 radical (unpaired) electrons. The zero-order valence-corrected chi connectivity index (χ0v) is 9.43. The van der Waals surface area contributed by atoms with Gasteiger partial charge in [-0.15, -0.1) is 0 Å². The number of carboxylic acids is 1. The summed E-state index contributed by atoms with van der Waals surface area (Å²) in [5.74, 6) is -1.56. The fourth-order valence-corrected chi connectivity index (χ4v) is 1.47. The van der Waals surface area contributed by atoms with Gasteiger partial charge in [0.05, 0.1) is 9.89 Å². The molecule has 0 aromatic heterocycles. The highest BCUT2D eigenvalue weighted by atomic mass is 79.9. The Morgan fingerprint density at radius 1 is 1.50 bits per heavy atom. The molecule has 0 aliphatic heterocycles. The third-order valence-electron chi connectivity index (χ3n) is 2.16. The van der Waals surface area contributed by atoms with Gasteiger partial charge in [0.1, 0.15) is 5.82 Å². The van der Waals surface area contributed by atoms with Crippen molar-refractivity contribution in [3.8, 4) is 0 Å². The number of benzene rings is 1. The van der Waals surface area contributed by atoms with E-state index in [0.29, 0.717) is 0 Å². The molecule has 1 N–H and O–H groups in total. The normalized spacial score (nSPS) is 11.4. The fraction of sp³-hybridized carbons (Fsp3) is 0.300. The maximum absolute atomic E-state index is 13.5. The van der Waals surface area contributed by atoms with Crippen LogP contribution in [0.25, 0.3) is 0 Å². The Balaban J connectivity index is 3.33. The van der Waals surface area contributed by atoms with Crippen molar-refractivity contribution >= 4 is 21.9 Å². The van der Waals surface area contributed by atoms with E-state index in [1.165, 1.54) is 26.0 Å². The first-order chi connectivity index (χ1) is 6.37. The van der Waals surface area contributed by atoms with E-state index in [2.05, 4.69) is 15.9 Å². The van der Waals surface area contributed by atoms with Crippen LogP contribution in [0.15, 0.2) is 22.7 Å². The molecule has 0 fully saturated rings. The average molecular weight is 261 g/mol. The number of hydrogen-bond donors (Lipinski definition) is 1. The lowest BCUT2D eigenvalue weighted by atomic mass is 9.84. The zero-order valence-electron chi connectivity index (χ0n) is 7.84. The summed E-state index contributed by atoms with van der Waals surface area (Å²) in [6, 6.07) is 4.64. The molecule has 2 nitrogen and oxygen atoms in total. The lowest BCUT2D eigenvalue weighted by Gasteiger charge is -2.20. The molecular formula is C10H10BrFO2. The second-order valence-corrected chi connectivity index (χ2v) is 4.39. The Morgan fingerprint density at radius 2 is 2.07 bits per heavy atom. The van der Waals surface area contributed by atoms with Gasteiger partial charge in [-0.2, -0.15) is 0 Å².